The number of rotatable bonds is 11. The Morgan fingerprint density at radius 3 is 2.34 bits per heavy atom. The average Bonchev–Trinajstić information content (AvgIpc) is 3.87. The predicted molar refractivity (Wildman–Crippen MR) is 205 cm³/mol. The van der Waals surface area contributed by atoms with E-state index in [2.05, 4.69) is 13.5 Å². The van der Waals surface area contributed by atoms with Gasteiger partial charge >= 0.3 is 35.0 Å². The first-order valence-electron chi connectivity index (χ1n) is 17.9. The van der Waals surface area contributed by atoms with E-state index in [1.807, 2.05) is 39.8 Å². The number of nitrogens with zero attached hydrogens (tertiary/aromatic N) is 4. The Balaban J connectivity index is 0.00000541. The van der Waals surface area contributed by atoms with Crippen molar-refractivity contribution in [3.63, 3.8) is 0 Å². The summed E-state index contributed by atoms with van der Waals surface area (Å²) in [4.78, 5) is 67.9. The van der Waals surface area contributed by atoms with Crippen LogP contribution in [0.25, 0.3) is 35.2 Å². The van der Waals surface area contributed by atoms with Crippen LogP contribution >= 0.6 is 0 Å². The van der Waals surface area contributed by atoms with Crippen molar-refractivity contribution in [2.24, 2.45) is 17.8 Å². The van der Waals surface area contributed by atoms with E-state index >= 15 is 0 Å². The number of allylic oxidation sites excluding steroid dienone is 3. The van der Waals surface area contributed by atoms with Crippen molar-refractivity contribution in [3.8, 4) is 0 Å². The molecule has 3 aliphatic rings. The molecule has 53 heavy (non-hydrogen) atoms. The van der Waals surface area contributed by atoms with Crippen LogP contribution in [-0.4, -0.2) is 60.8 Å². The fraction of sp³-hybridized carbons (Fsp3) is 0.381. The quantitative estimate of drug-likeness (QED) is 0.0854. The standard InChI is InChI=1S/C42H45N4O6.Mg/c1-9-12-21(4)15-16-52-35(48)14-13-27-23(6)30-17-29-22(5)25(10-2)32(43-29)19-34-28(20-47)26(11-3)33(44-34)18-31-24(7)36-40(46-31)37(39(27)45-30)38(41(36)49)42(50)51-8;/h10,15,17-20,23,27,38H,2,9,11-14,16H2,1,3-8H3,(H-,45,46,47,49);/q-3;+2/p-1/b21-15+,30-17-,34-19-;/t23-,27-,38+;/m0./s1. The van der Waals surface area contributed by atoms with Crippen molar-refractivity contribution < 1.29 is 28.7 Å². The van der Waals surface area contributed by atoms with E-state index in [1.54, 1.807) is 25.2 Å². The predicted octanol–water partition coefficient (Wildman–Crippen LogP) is 5.23. The normalized spacial score (nSPS) is 22.4. The molecule has 3 atom stereocenters. The number of hydrogen-bond donors (Lipinski definition) is 0. The average molecular weight is 725 g/mol. The second-order valence-corrected chi connectivity index (χ2v) is 13.7. The van der Waals surface area contributed by atoms with Gasteiger partial charge in [-0.05, 0) is 63.5 Å². The molecule has 8 bridgehead atoms. The molecule has 1 fully saturated rings. The van der Waals surface area contributed by atoms with Gasteiger partial charge in [-0.25, -0.2) is 0 Å². The van der Waals surface area contributed by atoms with Crippen LogP contribution in [0.2, 0.25) is 0 Å². The van der Waals surface area contributed by atoms with E-state index in [9.17, 15) is 19.2 Å². The van der Waals surface area contributed by atoms with Crippen molar-refractivity contribution in [1.82, 2.24) is 15.0 Å². The molecule has 5 heterocycles. The van der Waals surface area contributed by atoms with Crippen LogP contribution in [0, 0.1) is 31.6 Å². The minimum absolute atomic E-state index is 0. The molecule has 272 valence electrons. The SMILES string of the molecule is C=Cc1c2[n-]c(c1C)/C=C1\[N-]/C(=C3\c4[n-]c(c(C)c4C(=O)[C@@H]3C(=O)OC)/C=c3\[n-]/c(c(C=O)c3CC)=C\2)[C@@H](CCC(=O)OC/C=C(\C)CCC)[C@@H]1C.[Mg+2]. The third-order valence-electron chi connectivity index (χ3n) is 10.6. The number of aromatic nitrogens is 3. The molecule has 3 aromatic rings. The van der Waals surface area contributed by atoms with E-state index < -0.39 is 17.7 Å². The topological polar surface area (TPSA) is 143 Å². The molecule has 0 aromatic carbocycles. The van der Waals surface area contributed by atoms with Crippen LogP contribution in [-0.2, 0) is 25.5 Å². The second kappa shape index (κ2) is 16.2. The smallest absolute Gasteiger partial charge is 0.664 e. The molecule has 0 saturated carbocycles. The third kappa shape index (κ3) is 7.08. The van der Waals surface area contributed by atoms with E-state index in [0.29, 0.717) is 80.0 Å². The Morgan fingerprint density at radius 2 is 1.68 bits per heavy atom. The number of carbonyl (C=O) groups excluding carboxylic acids is 4. The van der Waals surface area contributed by atoms with Gasteiger partial charge in [0.15, 0.2) is 5.78 Å². The zero-order chi connectivity index (χ0) is 37.4. The summed E-state index contributed by atoms with van der Waals surface area (Å²) in [6, 6.07) is 0. The van der Waals surface area contributed by atoms with Crippen LogP contribution in [0.5, 0.6) is 0 Å². The minimum Gasteiger partial charge on any atom is -0.664 e. The Hall–Kier alpha value is -4.61. The molecule has 0 unspecified atom stereocenters. The molecule has 1 saturated heterocycles. The Kier molecular flexibility index (Phi) is 12.1. The summed E-state index contributed by atoms with van der Waals surface area (Å²) in [7, 11) is 1.26. The van der Waals surface area contributed by atoms with Crippen molar-refractivity contribution in [1.29, 1.82) is 0 Å². The molecule has 10 nitrogen and oxygen atoms in total. The van der Waals surface area contributed by atoms with E-state index in [0.717, 1.165) is 35.8 Å². The van der Waals surface area contributed by atoms with Gasteiger partial charge in [0.05, 0.1) is 7.11 Å². The van der Waals surface area contributed by atoms with Crippen molar-refractivity contribution in [2.45, 2.75) is 73.6 Å². The van der Waals surface area contributed by atoms with E-state index in [4.69, 9.17) is 29.7 Å². The fourth-order valence-electron chi connectivity index (χ4n) is 7.72. The van der Waals surface area contributed by atoms with Crippen LogP contribution in [0.4, 0.5) is 0 Å². The number of aldehydes is 1. The number of hydrogen-bond acceptors (Lipinski definition) is 6. The number of esters is 2. The van der Waals surface area contributed by atoms with E-state index in [1.165, 1.54) is 12.7 Å². The first-order chi connectivity index (χ1) is 25.0. The molecular weight excluding hydrogens is 681 g/mol. The zero-order valence-corrected chi connectivity index (χ0v) is 33.0. The van der Waals surface area contributed by atoms with Gasteiger partial charge in [-0.3, -0.25) is 19.2 Å². The van der Waals surface area contributed by atoms with Crippen molar-refractivity contribution in [2.75, 3.05) is 13.7 Å². The molecule has 1 aliphatic carbocycles. The monoisotopic (exact) mass is 724 g/mol. The molecule has 11 heteroatoms. The van der Waals surface area contributed by atoms with Gasteiger partial charge in [0.25, 0.3) is 0 Å². The summed E-state index contributed by atoms with van der Waals surface area (Å²) in [6.07, 6.45) is 13.0. The first-order valence-corrected chi connectivity index (χ1v) is 17.9. The maximum absolute atomic E-state index is 14.2. The summed E-state index contributed by atoms with van der Waals surface area (Å²) < 4.78 is 10.8. The van der Waals surface area contributed by atoms with Gasteiger partial charge in [0.1, 0.15) is 18.8 Å². The largest absolute Gasteiger partial charge is 2.00 e. The first kappa shape index (κ1) is 39.6. The number of Topliss-reactive ketones (excluding diaryl/α,β-unsaturated/α-hetero) is 1. The molecule has 0 amide bonds. The van der Waals surface area contributed by atoms with Crippen molar-refractivity contribution in [3.05, 3.63) is 102 Å². The summed E-state index contributed by atoms with van der Waals surface area (Å²) >= 11 is 0. The van der Waals surface area contributed by atoms with Crippen LogP contribution < -0.4 is 25.7 Å². The number of ether oxygens (including phenoxy) is 2. The maximum atomic E-state index is 14.2. The number of fused-ring (bicyclic) bond motifs is 7. The number of methoxy groups -OCH3 is 1. The van der Waals surface area contributed by atoms with Crippen LogP contribution in [0.3, 0.4) is 0 Å². The summed E-state index contributed by atoms with van der Waals surface area (Å²) in [5, 5.41) is 6.19. The van der Waals surface area contributed by atoms with Crippen molar-refractivity contribution >= 4 is 76.9 Å². The molecule has 6 rings (SSSR count). The van der Waals surface area contributed by atoms with Gasteiger partial charge in [0.2, 0.25) is 0 Å². The third-order valence-corrected chi connectivity index (χ3v) is 10.6. The van der Waals surface area contributed by atoms with Gasteiger partial charge in [-0.2, -0.15) is 11.4 Å². The van der Waals surface area contributed by atoms with E-state index in [-0.39, 0.29) is 53.9 Å². The molecular formula is C42H44MgN4O6-2. The summed E-state index contributed by atoms with van der Waals surface area (Å²) in [6.45, 7) is 16.1. The Bertz CT molecular complexity index is 2230. The Labute approximate surface area is 326 Å². The summed E-state index contributed by atoms with van der Waals surface area (Å²) in [5.74, 6) is -3.28. The maximum Gasteiger partial charge on any atom is 2.00 e. The van der Waals surface area contributed by atoms with Gasteiger partial charge < -0.3 is 29.7 Å². The zero-order valence-electron chi connectivity index (χ0n) is 31.6. The molecule has 0 N–H and O–H groups in total. The minimum atomic E-state index is -1.26. The molecule has 2 aliphatic heterocycles. The fourth-order valence-corrected chi connectivity index (χ4v) is 7.72. The van der Waals surface area contributed by atoms with Gasteiger partial charge in [-0.15, -0.1) is 33.5 Å². The number of ketones is 1. The molecule has 3 aromatic heterocycles. The van der Waals surface area contributed by atoms with Crippen LogP contribution in [0.15, 0.2) is 29.6 Å². The summed E-state index contributed by atoms with van der Waals surface area (Å²) in [5.41, 5.74) is 8.76. The molecule has 0 spiro atoms. The Morgan fingerprint density at radius 1 is 0.962 bits per heavy atom. The van der Waals surface area contributed by atoms with Gasteiger partial charge in [0, 0.05) is 17.5 Å². The van der Waals surface area contributed by atoms with Crippen LogP contribution in [0.1, 0.15) is 119 Å². The van der Waals surface area contributed by atoms with Gasteiger partial charge in [-0.1, -0.05) is 85.9 Å². The molecule has 0 radical (unpaired) electrons. The number of carbonyl (C=O) groups is 4. The second-order valence-electron chi connectivity index (χ2n) is 13.7.